The number of hydrogen-bond donors (Lipinski definition) is 1. The fraction of sp³-hybridized carbons (Fsp3) is 0.579. The van der Waals surface area contributed by atoms with Gasteiger partial charge in [-0.15, -0.1) is 0 Å². The summed E-state index contributed by atoms with van der Waals surface area (Å²) in [5.74, 6) is 0.982. The van der Waals surface area contributed by atoms with E-state index in [4.69, 9.17) is 9.26 Å². The summed E-state index contributed by atoms with van der Waals surface area (Å²) in [6.07, 6.45) is 3.59. The van der Waals surface area contributed by atoms with Crippen LogP contribution < -0.4 is 5.32 Å². The number of aryl methyl sites for hydroxylation is 1. The zero-order valence-corrected chi connectivity index (χ0v) is 16.4. The minimum Gasteiger partial charge on any atom is -0.369 e. The largest absolute Gasteiger partial charge is 0.369 e. The quantitative estimate of drug-likeness (QED) is 0.837. The van der Waals surface area contributed by atoms with Crippen molar-refractivity contribution in [2.24, 2.45) is 0 Å². The van der Waals surface area contributed by atoms with Gasteiger partial charge < -0.3 is 19.5 Å². The molecule has 0 fully saturated rings. The number of nitrogens with one attached hydrogen (secondary N) is 1. The van der Waals surface area contributed by atoms with E-state index >= 15 is 0 Å². The third kappa shape index (κ3) is 4.44. The molecule has 0 saturated carbocycles. The van der Waals surface area contributed by atoms with Crippen LogP contribution in [-0.2, 0) is 24.3 Å². The highest BCUT2D eigenvalue weighted by Crippen LogP contribution is 2.30. The summed E-state index contributed by atoms with van der Waals surface area (Å²) in [5, 5.41) is 7.06. The summed E-state index contributed by atoms with van der Waals surface area (Å²) >= 11 is 0. The third-order valence-corrected chi connectivity index (χ3v) is 4.50. The minimum absolute atomic E-state index is 0.0303. The van der Waals surface area contributed by atoms with E-state index in [1.807, 2.05) is 38.8 Å². The lowest BCUT2D eigenvalue weighted by Gasteiger charge is -2.30. The van der Waals surface area contributed by atoms with Gasteiger partial charge in [0, 0.05) is 37.1 Å². The molecule has 2 amide bonds. The average Bonchev–Trinajstić information content (AvgIpc) is 3.12. The molecular formula is C19H27N5O3. The van der Waals surface area contributed by atoms with Gasteiger partial charge in [0.1, 0.15) is 6.61 Å². The monoisotopic (exact) mass is 373 g/mol. The lowest BCUT2D eigenvalue weighted by molar-refractivity contribution is 0.0485. The van der Waals surface area contributed by atoms with E-state index in [1.54, 1.807) is 0 Å². The van der Waals surface area contributed by atoms with E-state index in [2.05, 4.69) is 20.4 Å². The van der Waals surface area contributed by atoms with Crippen molar-refractivity contribution in [1.29, 1.82) is 0 Å². The minimum atomic E-state index is -0.0303. The molecule has 0 bridgehead atoms. The highest BCUT2D eigenvalue weighted by molar-refractivity contribution is 5.75. The molecule has 0 saturated heterocycles. The molecule has 0 unspecified atom stereocenters. The molecule has 0 spiro atoms. The van der Waals surface area contributed by atoms with E-state index in [0.29, 0.717) is 31.3 Å². The Bertz CT molecular complexity index is 803. The number of ether oxygens (including phenoxy) is 1. The first-order valence-corrected chi connectivity index (χ1v) is 9.44. The summed E-state index contributed by atoms with van der Waals surface area (Å²) in [6, 6.07) is -0.0303. The van der Waals surface area contributed by atoms with Gasteiger partial charge in [-0.1, -0.05) is 12.1 Å². The molecule has 8 nitrogen and oxygen atoms in total. The van der Waals surface area contributed by atoms with Gasteiger partial charge in [-0.2, -0.15) is 4.98 Å². The van der Waals surface area contributed by atoms with Crippen LogP contribution in [0.5, 0.6) is 0 Å². The van der Waals surface area contributed by atoms with E-state index in [1.165, 1.54) is 0 Å². The van der Waals surface area contributed by atoms with Crippen LogP contribution in [0.15, 0.2) is 10.7 Å². The third-order valence-electron chi connectivity index (χ3n) is 4.50. The molecule has 27 heavy (non-hydrogen) atoms. The Morgan fingerprint density at radius 2 is 2.26 bits per heavy atom. The van der Waals surface area contributed by atoms with Gasteiger partial charge >= 0.3 is 6.03 Å². The number of amides is 2. The van der Waals surface area contributed by atoms with Gasteiger partial charge in [-0.25, -0.2) is 4.79 Å². The van der Waals surface area contributed by atoms with Crippen molar-refractivity contribution in [2.75, 3.05) is 13.1 Å². The summed E-state index contributed by atoms with van der Waals surface area (Å²) in [4.78, 5) is 23.1. The van der Waals surface area contributed by atoms with Gasteiger partial charge in [-0.3, -0.25) is 4.98 Å². The van der Waals surface area contributed by atoms with Crippen LogP contribution in [0, 0.1) is 6.92 Å². The first-order chi connectivity index (χ1) is 13.0. The van der Waals surface area contributed by atoms with Crippen molar-refractivity contribution in [3.8, 4) is 11.4 Å². The second kappa shape index (κ2) is 8.47. The van der Waals surface area contributed by atoms with Gasteiger partial charge in [0.15, 0.2) is 0 Å². The maximum absolute atomic E-state index is 12.3. The number of rotatable bonds is 6. The smallest absolute Gasteiger partial charge is 0.317 e. The molecule has 0 aliphatic carbocycles. The van der Waals surface area contributed by atoms with Crippen LogP contribution in [0.2, 0.25) is 0 Å². The molecule has 8 heteroatoms. The Balaban J connectivity index is 1.82. The van der Waals surface area contributed by atoms with Crippen LogP contribution in [0.3, 0.4) is 0 Å². The highest BCUT2D eigenvalue weighted by Gasteiger charge is 2.26. The molecule has 146 valence electrons. The normalized spacial score (nSPS) is 13.7. The van der Waals surface area contributed by atoms with Crippen LogP contribution in [0.25, 0.3) is 11.4 Å². The summed E-state index contributed by atoms with van der Waals surface area (Å²) in [5.41, 5.74) is 3.92. The first kappa shape index (κ1) is 19.3. The van der Waals surface area contributed by atoms with Crippen molar-refractivity contribution in [2.45, 2.75) is 59.8 Å². The van der Waals surface area contributed by atoms with Crippen molar-refractivity contribution in [3.63, 3.8) is 0 Å². The zero-order valence-electron chi connectivity index (χ0n) is 16.4. The average molecular weight is 373 g/mol. The maximum atomic E-state index is 12.3. The lowest BCUT2D eigenvalue weighted by Crippen LogP contribution is -2.43. The molecule has 0 aromatic carbocycles. The van der Waals surface area contributed by atoms with Crippen molar-refractivity contribution in [3.05, 3.63) is 28.9 Å². The van der Waals surface area contributed by atoms with Gasteiger partial charge in [0.05, 0.1) is 6.10 Å². The molecular weight excluding hydrogens is 346 g/mol. The van der Waals surface area contributed by atoms with Gasteiger partial charge in [-0.05, 0) is 44.7 Å². The zero-order chi connectivity index (χ0) is 19.4. The number of hydrogen-bond acceptors (Lipinski definition) is 6. The lowest BCUT2D eigenvalue weighted by atomic mass is 9.94. The molecule has 3 rings (SSSR count). The van der Waals surface area contributed by atoms with Crippen LogP contribution in [0.1, 0.15) is 49.9 Å². The van der Waals surface area contributed by atoms with E-state index in [-0.39, 0.29) is 18.7 Å². The Kier molecular flexibility index (Phi) is 6.05. The Morgan fingerprint density at radius 1 is 1.44 bits per heavy atom. The fourth-order valence-electron chi connectivity index (χ4n) is 3.12. The maximum Gasteiger partial charge on any atom is 0.317 e. The van der Waals surface area contributed by atoms with Crippen LogP contribution >= 0.6 is 0 Å². The molecule has 1 aliphatic heterocycles. The highest BCUT2D eigenvalue weighted by atomic mass is 16.5. The van der Waals surface area contributed by atoms with E-state index in [9.17, 15) is 4.79 Å². The number of carbonyl (C=O) groups is 1. The van der Waals surface area contributed by atoms with Crippen molar-refractivity contribution >= 4 is 6.03 Å². The SMILES string of the molecule is CCCNC(=O)N1CCc2c(cnc(C)c2-c2noc(COC(C)C)n2)C1. The molecule has 2 aromatic heterocycles. The van der Waals surface area contributed by atoms with Crippen LogP contribution in [-0.4, -0.2) is 45.2 Å². The Labute approximate surface area is 159 Å². The Hall–Kier alpha value is -2.48. The molecule has 3 heterocycles. The molecule has 0 radical (unpaired) electrons. The Morgan fingerprint density at radius 3 is 3.00 bits per heavy atom. The van der Waals surface area contributed by atoms with Crippen molar-refractivity contribution in [1.82, 2.24) is 25.3 Å². The van der Waals surface area contributed by atoms with Gasteiger partial charge in [0.25, 0.3) is 5.89 Å². The summed E-state index contributed by atoms with van der Waals surface area (Å²) in [7, 11) is 0. The number of nitrogens with zero attached hydrogens (tertiary/aromatic N) is 4. The predicted molar refractivity (Wildman–Crippen MR) is 100.0 cm³/mol. The second-order valence-corrected chi connectivity index (χ2v) is 7.00. The number of aromatic nitrogens is 3. The number of fused-ring (bicyclic) bond motifs is 1. The number of carbonyl (C=O) groups excluding carboxylic acids is 1. The summed E-state index contributed by atoms with van der Waals surface area (Å²) < 4.78 is 10.9. The van der Waals surface area contributed by atoms with Crippen molar-refractivity contribution < 1.29 is 14.1 Å². The number of urea groups is 1. The molecule has 1 aliphatic rings. The molecule has 1 N–H and O–H groups in total. The fourth-order valence-corrected chi connectivity index (χ4v) is 3.12. The predicted octanol–water partition coefficient (Wildman–Crippen LogP) is 2.84. The molecule has 0 atom stereocenters. The van der Waals surface area contributed by atoms with Crippen LogP contribution in [0.4, 0.5) is 4.79 Å². The summed E-state index contributed by atoms with van der Waals surface area (Å²) in [6.45, 7) is 10.1. The van der Waals surface area contributed by atoms with Gasteiger partial charge in [0.2, 0.25) is 5.82 Å². The standard InChI is InChI=1S/C19H27N5O3/c1-5-7-20-19(25)24-8-6-15-14(10-24)9-21-13(4)17(15)18-22-16(27-23-18)11-26-12(2)3/h9,12H,5-8,10-11H2,1-4H3,(H,20,25). The van der Waals surface area contributed by atoms with E-state index in [0.717, 1.165) is 35.2 Å². The topological polar surface area (TPSA) is 93.4 Å². The number of pyridine rings is 1. The molecule has 2 aromatic rings. The van der Waals surface area contributed by atoms with E-state index < -0.39 is 0 Å². The first-order valence-electron chi connectivity index (χ1n) is 9.44. The second-order valence-electron chi connectivity index (χ2n) is 7.00.